The van der Waals surface area contributed by atoms with Gasteiger partial charge in [-0.05, 0) is 31.5 Å². The fourth-order valence-corrected chi connectivity index (χ4v) is 3.10. The van der Waals surface area contributed by atoms with Crippen LogP contribution in [0.15, 0.2) is 24.0 Å². The zero-order chi connectivity index (χ0) is 18.6. The number of anilines is 1. The maximum absolute atomic E-state index is 12.7. The van der Waals surface area contributed by atoms with Crippen molar-refractivity contribution in [1.82, 2.24) is 0 Å². The van der Waals surface area contributed by atoms with E-state index < -0.39 is 11.8 Å². The van der Waals surface area contributed by atoms with Crippen LogP contribution in [0.4, 0.5) is 5.69 Å². The van der Waals surface area contributed by atoms with E-state index in [-0.39, 0.29) is 17.1 Å². The van der Waals surface area contributed by atoms with Crippen LogP contribution in [-0.4, -0.2) is 22.7 Å². The third-order valence-corrected chi connectivity index (χ3v) is 4.45. The highest BCUT2D eigenvalue weighted by Gasteiger charge is 2.37. The molecule has 1 aliphatic rings. The first-order valence-corrected chi connectivity index (χ1v) is 8.81. The van der Waals surface area contributed by atoms with Gasteiger partial charge in [0.1, 0.15) is 5.76 Å². The zero-order valence-electron chi connectivity index (χ0n) is 15.1. The van der Waals surface area contributed by atoms with E-state index in [1.807, 2.05) is 0 Å². The fourth-order valence-electron chi connectivity index (χ4n) is 3.10. The van der Waals surface area contributed by atoms with E-state index >= 15 is 0 Å². The Hall–Kier alpha value is -2.43. The average Bonchev–Trinajstić information content (AvgIpc) is 2.85. The fraction of sp³-hybridized carbons (Fsp3) is 0.450. The van der Waals surface area contributed by atoms with Crippen molar-refractivity contribution in [2.24, 2.45) is 0 Å². The lowest BCUT2D eigenvalue weighted by molar-refractivity contribution is -0.122. The molecule has 1 aliphatic heterocycles. The summed E-state index contributed by atoms with van der Waals surface area (Å²) in [5.74, 6) is -1.07. The van der Waals surface area contributed by atoms with E-state index in [1.165, 1.54) is 13.8 Å². The SMILES string of the molecule is CCCCCCC/C(O)=C1/C(=O)N(C(C)=O)c2ccc(C(C)=O)cc21. The first-order chi connectivity index (χ1) is 11.9. The number of aliphatic hydroxyl groups is 1. The van der Waals surface area contributed by atoms with Crippen molar-refractivity contribution < 1.29 is 19.5 Å². The topological polar surface area (TPSA) is 74.7 Å². The molecule has 1 N–H and O–H groups in total. The van der Waals surface area contributed by atoms with Gasteiger partial charge in [-0.3, -0.25) is 14.4 Å². The Labute approximate surface area is 148 Å². The van der Waals surface area contributed by atoms with Crippen molar-refractivity contribution in [3.63, 3.8) is 0 Å². The normalized spacial score (nSPS) is 15.3. The van der Waals surface area contributed by atoms with E-state index in [4.69, 9.17) is 0 Å². The molecule has 25 heavy (non-hydrogen) atoms. The zero-order valence-corrected chi connectivity index (χ0v) is 15.1. The van der Waals surface area contributed by atoms with E-state index in [0.29, 0.717) is 23.2 Å². The number of rotatable bonds is 7. The van der Waals surface area contributed by atoms with Gasteiger partial charge in [0.25, 0.3) is 5.91 Å². The Morgan fingerprint density at radius 1 is 1.08 bits per heavy atom. The summed E-state index contributed by atoms with van der Waals surface area (Å²) >= 11 is 0. The van der Waals surface area contributed by atoms with E-state index in [2.05, 4.69) is 6.92 Å². The number of benzene rings is 1. The number of carbonyl (C=O) groups is 3. The lowest BCUT2D eigenvalue weighted by Gasteiger charge is -2.12. The summed E-state index contributed by atoms with van der Waals surface area (Å²) in [6.07, 6.45) is 5.54. The minimum absolute atomic E-state index is 0.00722. The number of Topliss-reactive ketones (excluding diaryl/α,β-unsaturated/α-hetero) is 1. The van der Waals surface area contributed by atoms with Gasteiger partial charge < -0.3 is 5.11 Å². The van der Waals surface area contributed by atoms with Crippen molar-refractivity contribution in [1.29, 1.82) is 0 Å². The first kappa shape index (κ1) is 18.9. The van der Waals surface area contributed by atoms with Crippen LogP contribution < -0.4 is 4.90 Å². The summed E-state index contributed by atoms with van der Waals surface area (Å²) in [4.78, 5) is 37.2. The molecule has 0 aliphatic carbocycles. The van der Waals surface area contributed by atoms with Gasteiger partial charge in [0.2, 0.25) is 5.91 Å². The molecule has 0 radical (unpaired) electrons. The number of carbonyl (C=O) groups excluding carboxylic acids is 3. The highest BCUT2D eigenvalue weighted by Crippen LogP contribution is 2.39. The molecule has 0 saturated heterocycles. The molecule has 1 aromatic rings. The molecule has 0 atom stereocenters. The smallest absolute Gasteiger partial charge is 0.269 e. The van der Waals surface area contributed by atoms with Gasteiger partial charge in [-0.15, -0.1) is 0 Å². The Bertz CT molecular complexity index is 733. The van der Waals surface area contributed by atoms with Crippen LogP contribution in [0.25, 0.3) is 5.57 Å². The van der Waals surface area contributed by atoms with Crippen molar-refractivity contribution in [3.8, 4) is 0 Å². The molecule has 0 spiro atoms. The van der Waals surface area contributed by atoms with Crippen LogP contribution in [0.3, 0.4) is 0 Å². The third-order valence-electron chi connectivity index (χ3n) is 4.45. The Balaban J connectivity index is 2.36. The predicted octanol–water partition coefficient (Wildman–Crippen LogP) is 4.41. The maximum atomic E-state index is 12.7. The molecule has 2 rings (SSSR count). The number of amides is 2. The molecule has 0 fully saturated rings. The average molecular weight is 343 g/mol. The van der Waals surface area contributed by atoms with Crippen molar-refractivity contribution in [2.45, 2.75) is 59.3 Å². The highest BCUT2D eigenvalue weighted by atomic mass is 16.3. The van der Waals surface area contributed by atoms with Crippen LogP contribution in [0.2, 0.25) is 0 Å². The molecule has 0 unspecified atom stereocenters. The van der Waals surface area contributed by atoms with Crippen molar-refractivity contribution >= 4 is 28.9 Å². The van der Waals surface area contributed by atoms with E-state index in [0.717, 1.165) is 37.0 Å². The molecular weight excluding hydrogens is 318 g/mol. The van der Waals surface area contributed by atoms with Gasteiger partial charge >= 0.3 is 0 Å². The number of hydrogen-bond donors (Lipinski definition) is 1. The Morgan fingerprint density at radius 3 is 2.36 bits per heavy atom. The van der Waals surface area contributed by atoms with Crippen molar-refractivity contribution in [2.75, 3.05) is 4.90 Å². The van der Waals surface area contributed by atoms with Gasteiger partial charge in [0.05, 0.1) is 11.3 Å². The number of nitrogens with zero attached hydrogens (tertiary/aromatic N) is 1. The molecule has 134 valence electrons. The first-order valence-electron chi connectivity index (χ1n) is 8.81. The standard InChI is InChI=1S/C20H25NO4/c1-4-5-6-7-8-9-18(24)19-16-12-15(13(2)22)10-11-17(16)21(14(3)23)20(19)25/h10-12,24H,4-9H2,1-3H3/b19-18-. The number of allylic oxidation sites excluding steroid dienone is 1. The van der Waals surface area contributed by atoms with E-state index in [9.17, 15) is 19.5 Å². The highest BCUT2D eigenvalue weighted by molar-refractivity contribution is 6.40. The van der Waals surface area contributed by atoms with Gasteiger partial charge in [-0.1, -0.05) is 32.6 Å². The summed E-state index contributed by atoms with van der Waals surface area (Å²) in [7, 11) is 0. The molecule has 0 bridgehead atoms. The molecule has 5 heteroatoms. The molecule has 0 saturated carbocycles. The quantitative estimate of drug-likeness (QED) is 0.344. The van der Waals surface area contributed by atoms with Gasteiger partial charge in [0, 0.05) is 24.5 Å². The van der Waals surface area contributed by atoms with E-state index in [1.54, 1.807) is 18.2 Å². The lowest BCUT2D eigenvalue weighted by atomic mass is 9.99. The van der Waals surface area contributed by atoms with Crippen molar-refractivity contribution in [3.05, 3.63) is 35.1 Å². The third kappa shape index (κ3) is 3.98. The van der Waals surface area contributed by atoms with Crippen LogP contribution in [0, 0.1) is 0 Å². The largest absolute Gasteiger partial charge is 0.511 e. The van der Waals surface area contributed by atoms with Crippen LogP contribution in [0.5, 0.6) is 0 Å². The molecular formula is C20H25NO4. The number of aliphatic hydroxyl groups excluding tert-OH is 1. The van der Waals surface area contributed by atoms with Gasteiger partial charge in [-0.25, -0.2) is 4.90 Å². The van der Waals surface area contributed by atoms with Crippen LogP contribution in [-0.2, 0) is 9.59 Å². The monoisotopic (exact) mass is 343 g/mol. The van der Waals surface area contributed by atoms with Gasteiger partial charge in [-0.2, -0.15) is 0 Å². The molecule has 1 heterocycles. The summed E-state index contributed by atoms with van der Waals surface area (Å²) < 4.78 is 0. The second kappa shape index (κ2) is 8.10. The minimum Gasteiger partial charge on any atom is -0.511 e. The number of hydrogen-bond acceptors (Lipinski definition) is 4. The second-order valence-corrected chi connectivity index (χ2v) is 6.43. The second-order valence-electron chi connectivity index (χ2n) is 6.43. The van der Waals surface area contributed by atoms with Crippen LogP contribution >= 0.6 is 0 Å². The summed E-state index contributed by atoms with van der Waals surface area (Å²) in [5, 5.41) is 10.5. The lowest BCUT2D eigenvalue weighted by Crippen LogP contribution is -2.31. The molecule has 2 amide bonds. The molecule has 0 aromatic heterocycles. The predicted molar refractivity (Wildman–Crippen MR) is 97.5 cm³/mol. The summed E-state index contributed by atoms with van der Waals surface area (Å²) in [5.41, 5.74) is 1.47. The number of ketones is 1. The van der Waals surface area contributed by atoms with Gasteiger partial charge in [0.15, 0.2) is 5.78 Å². The summed E-state index contributed by atoms with van der Waals surface area (Å²) in [6.45, 7) is 4.89. The summed E-state index contributed by atoms with van der Waals surface area (Å²) in [6, 6.07) is 4.77. The number of imide groups is 1. The van der Waals surface area contributed by atoms with Crippen LogP contribution in [0.1, 0.15) is 75.2 Å². The number of fused-ring (bicyclic) bond motifs is 1. The number of unbranched alkanes of at least 4 members (excludes halogenated alkanes) is 4. The maximum Gasteiger partial charge on any atom is 0.269 e. The Morgan fingerprint density at radius 2 is 1.76 bits per heavy atom. The molecule has 5 nitrogen and oxygen atoms in total. The molecule has 1 aromatic carbocycles. The minimum atomic E-state index is -0.519. The Kier molecular flexibility index (Phi) is 6.12.